The maximum absolute atomic E-state index is 14.1. The van der Waals surface area contributed by atoms with E-state index in [0.717, 1.165) is 0 Å². The lowest BCUT2D eigenvalue weighted by Crippen LogP contribution is -2.56. The standard InChI is InChI=1S/C27H48FNO5S2Si/c1-25(2,3)35(31)24(19-13-15-20(28)16-14-19)23(29-36(32)26(4,5)6)21(17-18-22(30)33-10)34-37(11,12)27(7,8)9/h13-16,21,23-24,29H,17-18H2,1-12H3/t21-,23?,24?,35+,36-/m0/s1. The summed E-state index contributed by atoms with van der Waals surface area (Å²) in [7, 11) is -4.08. The van der Waals surface area contributed by atoms with E-state index in [1.54, 1.807) is 12.1 Å². The van der Waals surface area contributed by atoms with Crippen LogP contribution in [0.4, 0.5) is 4.39 Å². The van der Waals surface area contributed by atoms with Gasteiger partial charge in [0, 0.05) is 22.0 Å². The quantitative estimate of drug-likeness (QED) is 0.251. The van der Waals surface area contributed by atoms with E-state index in [-0.39, 0.29) is 23.8 Å². The van der Waals surface area contributed by atoms with Crippen LogP contribution in [0.25, 0.3) is 0 Å². The topological polar surface area (TPSA) is 81.7 Å². The molecule has 10 heteroatoms. The van der Waals surface area contributed by atoms with E-state index < -0.39 is 62.8 Å². The van der Waals surface area contributed by atoms with Gasteiger partial charge < -0.3 is 9.16 Å². The van der Waals surface area contributed by atoms with E-state index in [1.165, 1.54) is 19.2 Å². The molecule has 1 aromatic rings. The number of halogens is 1. The Morgan fingerprint density at radius 3 is 1.89 bits per heavy atom. The molecule has 0 bridgehead atoms. The highest BCUT2D eigenvalue weighted by molar-refractivity contribution is 7.87. The maximum Gasteiger partial charge on any atom is 0.305 e. The minimum absolute atomic E-state index is 0.0917. The zero-order chi connectivity index (χ0) is 29.0. The highest BCUT2D eigenvalue weighted by Crippen LogP contribution is 2.41. The van der Waals surface area contributed by atoms with Gasteiger partial charge >= 0.3 is 5.97 Å². The van der Waals surface area contributed by atoms with Gasteiger partial charge in [0.15, 0.2) is 8.32 Å². The number of rotatable bonds is 11. The molecule has 1 rings (SSSR count). The predicted octanol–water partition coefficient (Wildman–Crippen LogP) is 6.18. The molecule has 6 nitrogen and oxygen atoms in total. The normalized spacial score (nSPS) is 17.5. The molecule has 0 fully saturated rings. The van der Waals surface area contributed by atoms with Crippen molar-refractivity contribution in [2.75, 3.05) is 7.11 Å². The first-order chi connectivity index (χ1) is 16.6. The van der Waals surface area contributed by atoms with Gasteiger partial charge in [-0.05, 0) is 83.8 Å². The number of methoxy groups -OCH3 is 1. The predicted molar refractivity (Wildman–Crippen MR) is 155 cm³/mol. The molecule has 214 valence electrons. The second kappa shape index (κ2) is 12.9. The summed E-state index contributed by atoms with van der Waals surface area (Å²) < 4.78 is 55.4. The lowest BCUT2D eigenvalue weighted by Gasteiger charge is -2.44. The molecule has 1 aromatic carbocycles. The first-order valence-electron chi connectivity index (χ1n) is 12.7. The SMILES string of the molecule is COC(=O)CC[C@H](O[Si](C)(C)C(C)(C)C)C(N[S@@](=O)C(C)(C)C)C(c1ccc(F)cc1)[S@@](=O)C(C)(C)C. The number of benzene rings is 1. The monoisotopic (exact) mass is 577 g/mol. The van der Waals surface area contributed by atoms with Crippen LogP contribution in [-0.2, 0) is 35.7 Å². The van der Waals surface area contributed by atoms with E-state index in [4.69, 9.17) is 9.16 Å². The number of hydrogen-bond donors (Lipinski definition) is 1. The number of esters is 1. The van der Waals surface area contributed by atoms with Crippen molar-refractivity contribution in [1.82, 2.24) is 4.72 Å². The zero-order valence-corrected chi connectivity index (χ0v) is 27.3. The average molecular weight is 578 g/mol. The van der Waals surface area contributed by atoms with Crippen molar-refractivity contribution in [3.05, 3.63) is 35.6 Å². The summed E-state index contributed by atoms with van der Waals surface area (Å²) in [5, 5.41) is -0.821. The smallest absolute Gasteiger partial charge is 0.305 e. The molecule has 0 saturated heterocycles. The van der Waals surface area contributed by atoms with Crippen LogP contribution >= 0.6 is 0 Å². The second-order valence-corrected chi connectivity index (χ2v) is 22.0. The Kier molecular flexibility index (Phi) is 11.9. The van der Waals surface area contributed by atoms with Gasteiger partial charge in [0.05, 0.1) is 40.2 Å². The Morgan fingerprint density at radius 1 is 0.973 bits per heavy atom. The molecule has 0 aromatic heterocycles. The number of carbonyl (C=O) groups is 1. The third-order valence-electron chi connectivity index (χ3n) is 6.67. The van der Waals surface area contributed by atoms with E-state index in [1.807, 2.05) is 41.5 Å². The van der Waals surface area contributed by atoms with Gasteiger partial charge in [-0.2, -0.15) is 0 Å². The van der Waals surface area contributed by atoms with Crippen LogP contribution < -0.4 is 4.72 Å². The molecule has 0 heterocycles. The molecule has 0 radical (unpaired) electrons. The lowest BCUT2D eigenvalue weighted by atomic mass is 9.98. The first kappa shape index (κ1) is 34.1. The second-order valence-electron chi connectivity index (χ2n) is 12.9. The Hall–Kier alpha value is -0.943. The maximum atomic E-state index is 14.1. The summed E-state index contributed by atoms with van der Waals surface area (Å²) in [5.74, 6) is -0.776. The molecule has 2 unspecified atom stereocenters. The van der Waals surface area contributed by atoms with Gasteiger partial charge in [-0.3, -0.25) is 9.00 Å². The molecule has 5 atom stereocenters. The summed E-state index contributed by atoms with van der Waals surface area (Å²) in [6.45, 7) is 21.8. The molecule has 0 spiro atoms. The number of hydrogen-bond acceptors (Lipinski definition) is 5. The third kappa shape index (κ3) is 9.95. The molecule has 1 N–H and O–H groups in total. The van der Waals surface area contributed by atoms with Gasteiger partial charge in [0.25, 0.3) is 0 Å². The lowest BCUT2D eigenvalue weighted by molar-refractivity contribution is -0.141. The zero-order valence-electron chi connectivity index (χ0n) is 24.7. The van der Waals surface area contributed by atoms with Crippen molar-refractivity contribution >= 4 is 36.1 Å². The van der Waals surface area contributed by atoms with E-state index >= 15 is 0 Å². The molecule has 0 aliphatic rings. The van der Waals surface area contributed by atoms with Crippen molar-refractivity contribution in [2.24, 2.45) is 0 Å². The van der Waals surface area contributed by atoms with Crippen molar-refractivity contribution in [3.8, 4) is 0 Å². The van der Waals surface area contributed by atoms with Gasteiger partial charge in [-0.1, -0.05) is 32.9 Å². The molecular formula is C27H48FNO5S2Si. The largest absolute Gasteiger partial charge is 0.469 e. The van der Waals surface area contributed by atoms with Crippen LogP contribution in [-0.4, -0.2) is 51.5 Å². The summed E-state index contributed by atoms with van der Waals surface area (Å²) in [5.41, 5.74) is 0.653. The summed E-state index contributed by atoms with van der Waals surface area (Å²) >= 11 is 0. The van der Waals surface area contributed by atoms with Crippen LogP contribution in [0.15, 0.2) is 24.3 Å². The fourth-order valence-electron chi connectivity index (χ4n) is 3.36. The first-order valence-corrected chi connectivity index (χ1v) is 18.0. The van der Waals surface area contributed by atoms with Gasteiger partial charge in [-0.25, -0.2) is 13.3 Å². The van der Waals surface area contributed by atoms with Crippen LogP contribution in [0.3, 0.4) is 0 Å². The molecule has 0 saturated carbocycles. The van der Waals surface area contributed by atoms with E-state index in [9.17, 15) is 17.6 Å². The third-order valence-corrected chi connectivity index (χ3v) is 15.0. The Morgan fingerprint density at radius 2 is 1.49 bits per heavy atom. The van der Waals surface area contributed by atoms with Crippen LogP contribution in [0.1, 0.15) is 86.0 Å². The minimum atomic E-state index is -2.40. The van der Waals surface area contributed by atoms with Crippen LogP contribution in [0, 0.1) is 5.82 Å². The van der Waals surface area contributed by atoms with Gasteiger partial charge in [0.1, 0.15) is 5.82 Å². The van der Waals surface area contributed by atoms with Crippen LogP contribution in [0.2, 0.25) is 18.1 Å². The Labute approximate surface area is 230 Å². The summed E-state index contributed by atoms with van der Waals surface area (Å²) in [6, 6.07) is 5.25. The molecule has 37 heavy (non-hydrogen) atoms. The fourth-order valence-corrected chi connectivity index (χ4v) is 7.39. The van der Waals surface area contributed by atoms with E-state index in [2.05, 4.69) is 38.6 Å². The Bertz CT molecular complexity index is 950. The summed E-state index contributed by atoms with van der Waals surface area (Å²) in [4.78, 5) is 12.2. The Balaban J connectivity index is 3.84. The molecule has 0 amide bonds. The number of ether oxygens (including phenoxy) is 1. The van der Waals surface area contributed by atoms with Gasteiger partial charge in [0.2, 0.25) is 0 Å². The summed E-state index contributed by atoms with van der Waals surface area (Å²) in [6.07, 6.45) is -0.223. The van der Waals surface area contributed by atoms with E-state index in [0.29, 0.717) is 5.56 Å². The highest BCUT2D eigenvalue weighted by atomic mass is 32.2. The minimum Gasteiger partial charge on any atom is -0.469 e. The average Bonchev–Trinajstić information content (AvgIpc) is 2.74. The fraction of sp³-hybridized carbons (Fsp3) is 0.741. The molecular weight excluding hydrogens is 530 g/mol. The van der Waals surface area contributed by atoms with Crippen molar-refractivity contribution in [2.45, 2.75) is 120 Å². The highest BCUT2D eigenvalue weighted by Gasteiger charge is 2.46. The van der Waals surface area contributed by atoms with Crippen molar-refractivity contribution < 1.29 is 26.8 Å². The number of carbonyl (C=O) groups excluding carboxylic acids is 1. The van der Waals surface area contributed by atoms with Crippen molar-refractivity contribution in [3.63, 3.8) is 0 Å². The van der Waals surface area contributed by atoms with Crippen LogP contribution in [0.5, 0.6) is 0 Å². The molecule has 0 aliphatic heterocycles. The van der Waals surface area contributed by atoms with Gasteiger partial charge in [-0.15, -0.1) is 0 Å². The van der Waals surface area contributed by atoms with Crippen molar-refractivity contribution in [1.29, 1.82) is 0 Å². The number of nitrogens with one attached hydrogen (secondary N) is 1. The molecule has 0 aliphatic carbocycles.